The molecule has 0 aliphatic carbocycles. The Morgan fingerprint density at radius 2 is 2.00 bits per heavy atom. The van der Waals surface area contributed by atoms with E-state index in [9.17, 15) is 4.79 Å². The van der Waals surface area contributed by atoms with Crippen LogP contribution in [0.4, 0.5) is 10.5 Å². The molecular formula is C12H19N3O2. The summed E-state index contributed by atoms with van der Waals surface area (Å²) in [5.74, 6) is 0.642. The highest BCUT2D eigenvalue weighted by molar-refractivity contribution is 5.73. The number of carbonyl (C=O) groups is 1. The minimum Gasteiger partial charge on any atom is -0.490 e. The van der Waals surface area contributed by atoms with Crippen LogP contribution in [0.15, 0.2) is 24.3 Å². The summed E-state index contributed by atoms with van der Waals surface area (Å²) in [5, 5.41) is 5.40. The maximum absolute atomic E-state index is 11.2. The number of amides is 2. The molecule has 5 heteroatoms. The van der Waals surface area contributed by atoms with E-state index < -0.39 is 0 Å². The Labute approximate surface area is 101 Å². The number of para-hydroxylation sites is 2. The van der Waals surface area contributed by atoms with Gasteiger partial charge in [0.05, 0.1) is 12.2 Å². The lowest BCUT2D eigenvalue weighted by molar-refractivity contribution is 0.236. The number of nitrogens with two attached hydrogens (primary N) is 1. The molecule has 0 aliphatic heterocycles. The number of nitrogens with one attached hydrogen (secondary N) is 2. The Kier molecular flexibility index (Phi) is 5.71. The van der Waals surface area contributed by atoms with Gasteiger partial charge in [-0.25, -0.2) is 4.79 Å². The van der Waals surface area contributed by atoms with Crippen molar-refractivity contribution in [2.45, 2.75) is 13.3 Å². The summed E-state index contributed by atoms with van der Waals surface area (Å²) in [7, 11) is 0. The molecule has 0 unspecified atom stereocenters. The summed E-state index contributed by atoms with van der Waals surface area (Å²) in [6.07, 6.45) is 0.921. The number of rotatable bonds is 6. The number of hydrogen-bond donors (Lipinski definition) is 3. The Bertz CT molecular complexity index is 355. The number of nitrogen functional groups attached to an aromatic ring is 1. The van der Waals surface area contributed by atoms with Gasteiger partial charge in [0.2, 0.25) is 0 Å². The third-order valence-electron chi connectivity index (χ3n) is 2.10. The zero-order chi connectivity index (χ0) is 12.5. The predicted molar refractivity (Wildman–Crippen MR) is 68.0 cm³/mol. The van der Waals surface area contributed by atoms with Crippen molar-refractivity contribution >= 4 is 11.7 Å². The number of benzene rings is 1. The fourth-order valence-corrected chi connectivity index (χ4v) is 1.24. The van der Waals surface area contributed by atoms with Gasteiger partial charge in [0.15, 0.2) is 0 Å². The highest BCUT2D eigenvalue weighted by Crippen LogP contribution is 2.19. The molecule has 94 valence electrons. The van der Waals surface area contributed by atoms with Crippen LogP contribution >= 0.6 is 0 Å². The van der Waals surface area contributed by atoms with Crippen molar-refractivity contribution in [1.29, 1.82) is 0 Å². The Morgan fingerprint density at radius 3 is 2.71 bits per heavy atom. The number of carbonyl (C=O) groups excluding carboxylic acids is 1. The highest BCUT2D eigenvalue weighted by atomic mass is 16.5. The fraction of sp³-hybridized carbons (Fsp3) is 0.417. The number of urea groups is 1. The fourth-order valence-electron chi connectivity index (χ4n) is 1.24. The molecule has 0 aliphatic rings. The summed E-state index contributed by atoms with van der Waals surface area (Å²) in [4.78, 5) is 11.2. The topological polar surface area (TPSA) is 76.4 Å². The van der Waals surface area contributed by atoms with Crippen LogP contribution in [0.3, 0.4) is 0 Å². The van der Waals surface area contributed by atoms with Gasteiger partial charge in [-0.3, -0.25) is 0 Å². The van der Waals surface area contributed by atoms with E-state index in [1.54, 1.807) is 12.1 Å². The monoisotopic (exact) mass is 237 g/mol. The van der Waals surface area contributed by atoms with Crippen LogP contribution in [0, 0.1) is 0 Å². The molecule has 0 saturated heterocycles. The van der Waals surface area contributed by atoms with Gasteiger partial charge < -0.3 is 21.1 Å². The van der Waals surface area contributed by atoms with Crippen molar-refractivity contribution in [2.24, 2.45) is 0 Å². The molecule has 1 aromatic rings. The van der Waals surface area contributed by atoms with Crippen LogP contribution in [-0.4, -0.2) is 25.7 Å². The molecule has 0 aromatic heterocycles. The minimum atomic E-state index is -0.170. The normalized spacial score (nSPS) is 9.71. The van der Waals surface area contributed by atoms with Crippen LogP contribution in [0.1, 0.15) is 13.3 Å². The third kappa shape index (κ3) is 5.10. The second-order valence-corrected chi connectivity index (χ2v) is 3.57. The van der Waals surface area contributed by atoms with E-state index in [2.05, 4.69) is 10.6 Å². The summed E-state index contributed by atoms with van der Waals surface area (Å²) in [5.41, 5.74) is 6.30. The SMILES string of the molecule is CCCNC(=O)NCCOc1ccccc1N. The Morgan fingerprint density at radius 1 is 1.29 bits per heavy atom. The number of hydrogen-bond acceptors (Lipinski definition) is 3. The van der Waals surface area contributed by atoms with Gasteiger partial charge in [0.1, 0.15) is 12.4 Å². The number of ether oxygens (including phenoxy) is 1. The van der Waals surface area contributed by atoms with Crippen molar-refractivity contribution in [3.05, 3.63) is 24.3 Å². The Balaban J connectivity index is 2.16. The van der Waals surface area contributed by atoms with Crippen LogP contribution in [0.2, 0.25) is 0 Å². The quantitative estimate of drug-likeness (QED) is 0.516. The van der Waals surface area contributed by atoms with Gasteiger partial charge >= 0.3 is 6.03 Å². The van der Waals surface area contributed by atoms with Crippen molar-refractivity contribution in [3.8, 4) is 5.75 Å². The molecule has 5 nitrogen and oxygen atoms in total. The van der Waals surface area contributed by atoms with E-state index in [0.29, 0.717) is 31.1 Å². The molecule has 1 aromatic carbocycles. The summed E-state index contributed by atoms with van der Waals surface area (Å²) >= 11 is 0. The molecule has 2 amide bonds. The van der Waals surface area contributed by atoms with E-state index in [1.807, 2.05) is 19.1 Å². The summed E-state index contributed by atoms with van der Waals surface area (Å²) in [6.45, 7) is 3.53. The van der Waals surface area contributed by atoms with E-state index in [4.69, 9.17) is 10.5 Å². The molecule has 0 atom stereocenters. The van der Waals surface area contributed by atoms with Crippen LogP contribution in [-0.2, 0) is 0 Å². The zero-order valence-corrected chi connectivity index (χ0v) is 10.0. The second kappa shape index (κ2) is 7.38. The van der Waals surface area contributed by atoms with Crippen molar-refractivity contribution < 1.29 is 9.53 Å². The predicted octanol–water partition coefficient (Wildman–Crippen LogP) is 1.36. The largest absolute Gasteiger partial charge is 0.490 e. The summed E-state index contributed by atoms with van der Waals surface area (Å²) < 4.78 is 5.42. The molecule has 0 heterocycles. The maximum atomic E-state index is 11.2. The van der Waals surface area contributed by atoms with Gasteiger partial charge in [-0.05, 0) is 18.6 Å². The number of anilines is 1. The first kappa shape index (κ1) is 13.2. The molecule has 0 saturated carbocycles. The lowest BCUT2D eigenvalue weighted by atomic mass is 10.3. The first-order valence-corrected chi connectivity index (χ1v) is 5.73. The molecule has 4 N–H and O–H groups in total. The first-order chi connectivity index (χ1) is 8.24. The average Bonchev–Trinajstić information content (AvgIpc) is 2.34. The van der Waals surface area contributed by atoms with Crippen LogP contribution in [0.25, 0.3) is 0 Å². The first-order valence-electron chi connectivity index (χ1n) is 5.73. The van der Waals surface area contributed by atoms with E-state index in [1.165, 1.54) is 0 Å². The zero-order valence-electron chi connectivity index (χ0n) is 10.0. The van der Waals surface area contributed by atoms with Gasteiger partial charge in [0.25, 0.3) is 0 Å². The lowest BCUT2D eigenvalue weighted by Crippen LogP contribution is -2.37. The molecule has 0 bridgehead atoms. The van der Waals surface area contributed by atoms with Crippen LogP contribution < -0.4 is 21.1 Å². The maximum Gasteiger partial charge on any atom is 0.314 e. The summed E-state index contributed by atoms with van der Waals surface area (Å²) in [6, 6.07) is 7.10. The van der Waals surface area contributed by atoms with Crippen LogP contribution in [0.5, 0.6) is 5.75 Å². The standard InChI is InChI=1S/C12H19N3O2/c1-2-7-14-12(16)15-8-9-17-11-6-4-3-5-10(11)13/h3-6H,2,7-9,13H2,1H3,(H2,14,15,16). The van der Waals surface area contributed by atoms with E-state index >= 15 is 0 Å². The molecule has 17 heavy (non-hydrogen) atoms. The van der Waals surface area contributed by atoms with E-state index in [0.717, 1.165) is 6.42 Å². The smallest absolute Gasteiger partial charge is 0.314 e. The van der Waals surface area contributed by atoms with Crippen molar-refractivity contribution in [3.63, 3.8) is 0 Å². The Hall–Kier alpha value is -1.91. The minimum absolute atomic E-state index is 0.170. The third-order valence-corrected chi connectivity index (χ3v) is 2.10. The molecule has 0 spiro atoms. The highest BCUT2D eigenvalue weighted by Gasteiger charge is 2.00. The van der Waals surface area contributed by atoms with Gasteiger partial charge in [-0.2, -0.15) is 0 Å². The van der Waals surface area contributed by atoms with Gasteiger partial charge in [0, 0.05) is 6.54 Å². The molecule has 1 rings (SSSR count). The second-order valence-electron chi connectivity index (χ2n) is 3.57. The van der Waals surface area contributed by atoms with Crippen molar-refractivity contribution in [2.75, 3.05) is 25.4 Å². The molecule has 0 fully saturated rings. The van der Waals surface area contributed by atoms with E-state index in [-0.39, 0.29) is 6.03 Å². The van der Waals surface area contributed by atoms with Gasteiger partial charge in [-0.15, -0.1) is 0 Å². The van der Waals surface area contributed by atoms with Gasteiger partial charge in [-0.1, -0.05) is 19.1 Å². The van der Waals surface area contributed by atoms with Crippen molar-refractivity contribution in [1.82, 2.24) is 10.6 Å². The lowest BCUT2D eigenvalue weighted by Gasteiger charge is -2.09. The average molecular weight is 237 g/mol. The molecular weight excluding hydrogens is 218 g/mol. The molecule has 0 radical (unpaired) electrons.